The number of anilines is 2. The summed E-state index contributed by atoms with van der Waals surface area (Å²) in [7, 11) is -1.81. The number of rotatable bonds is 6. The predicted molar refractivity (Wildman–Crippen MR) is 134 cm³/mol. The molecule has 2 heterocycles. The number of sulfonamides is 1. The van der Waals surface area contributed by atoms with E-state index in [1.807, 2.05) is 43.5 Å². The fourth-order valence-corrected chi connectivity index (χ4v) is 4.72. The lowest BCUT2D eigenvalue weighted by atomic mass is 10.1. The number of hydrogen-bond donors (Lipinski definition) is 1. The minimum Gasteiger partial charge on any atom is -0.319 e. The molecule has 4 aromatic rings. The van der Waals surface area contributed by atoms with Crippen LogP contribution >= 0.6 is 11.3 Å². The maximum absolute atomic E-state index is 12.7. The highest BCUT2D eigenvalue weighted by molar-refractivity contribution is 7.92. The number of thiazole rings is 1. The molecule has 1 amide bonds. The Morgan fingerprint density at radius 2 is 1.58 bits per heavy atom. The third-order valence-electron chi connectivity index (χ3n) is 5.41. The van der Waals surface area contributed by atoms with Gasteiger partial charge < -0.3 is 4.57 Å². The van der Waals surface area contributed by atoms with Gasteiger partial charge in [-0.2, -0.15) is 0 Å². The number of nitrogens with zero attached hydrogens (tertiary/aromatic N) is 3. The first-order chi connectivity index (χ1) is 15.6. The molecule has 0 unspecified atom stereocenters. The van der Waals surface area contributed by atoms with Crippen molar-refractivity contribution in [2.75, 3.05) is 22.9 Å². The molecule has 0 fully saturated rings. The molecule has 1 N–H and O–H groups in total. The predicted octanol–water partition coefficient (Wildman–Crippen LogP) is 4.87. The molecule has 0 radical (unpaired) electrons. The van der Waals surface area contributed by atoms with E-state index in [1.54, 1.807) is 24.3 Å². The Labute approximate surface area is 197 Å². The largest absolute Gasteiger partial charge is 0.319 e. The van der Waals surface area contributed by atoms with Crippen molar-refractivity contribution >= 4 is 38.1 Å². The van der Waals surface area contributed by atoms with Crippen LogP contribution in [0.15, 0.2) is 66.0 Å². The number of carbonyl (C=O) groups is 1. The first kappa shape index (κ1) is 22.8. The van der Waals surface area contributed by atoms with Crippen molar-refractivity contribution in [1.82, 2.24) is 9.55 Å². The number of carbonyl (C=O) groups excluding carboxylic acids is 1. The molecule has 0 bridgehead atoms. The summed E-state index contributed by atoms with van der Waals surface area (Å²) < 4.78 is 26.7. The van der Waals surface area contributed by atoms with Crippen LogP contribution in [0, 0.1) is 13.8 Å². The number of aromatic nitrogens is 2. The summed E-state index contributed by atoms with van der Waals surface area (Å²) in [6, 6.07) is 18.6. The molecule has 0 aliphatic heterocycles. The van der Waals surface area contributed by atoms with E-state index in [0.717, 1.165) is 28.9 Å². The van der Waals surface area contributed by atoms with Crippen LogP contribution in [-0.2, 0) is 10.0 Å². The molecule has 9 heteroatoms. The lowest BCUT2D eigenvalue weighted by Gasteiger charge is -2.16. The smallest absolute Gasteiger partial charge is 0.257 e. The summed E-state index contributed by atoms with van der Waals surface area (Å²) in [6.07, 6.45) is 1.16. The Balaban J connectivity index is 1.46. The van der Waals surface area contributed by atoms with E-state index in [4.69, 9.17) is 0 Å². The number of aryl methyl sites for hydroxylation is 2. The Morgan fingerprint density at radius 1 is 0.970 bits per heavy atom. The topological polar surface area (TPSA) is 84.3 Å². The van der Waals surface area contributed by atoms with Crippen molar-refractivity contribution in [3.63, 3.8) is 0 Å². The van der Waals surface area contributed by atoms with Crippen LogP contribution in [0.1, 0.15) is 21.7 Å². The molecule has 33 heavy (non-hydrogen) atoms. The zero-order valence-electron chi connectivity index (χ0n) is 18.7. The molecule has 0 saturated carbocycles. The van der Waals surface area contributed by atoms with Gasteiger partial charge in [0.25, 0.3) is 5.91 Å². The van der Waals surface area contributed by atoms with Crippen molar-refractivity contribution in [3.8, 4) is 16.9 Å². The minimum atomic E-state index is -3.32. The zero-order chi connectivity index (χ0) is 23.8. The highest BCUT2D eigenvalue weighted by Crippen LogP contribution is 2.27. The van der Waals surface area contributed by atoms with Crippen LogP contribution in [0.3, 0.4) is 0 Å². The summed E-state index contributed by atoms with van der Waals surface area (Å²) >= 11 is 1.33. The van der Waals surface area contributed by atoms with Crippen LogP contribution in [0.2, 0.25) is 0 Å². The van der Waals surface area contributed by atoms with Crippen LogP contribution in [0.25, 0.3) is 16.9 Å². The SMILES string of the molecule is Cc1ccc(C)n1-c1ccc(C(=O)Nc2nc(-c3ccc(N(C)S(C)(=O)=O)cc3)cs2)cc1. The monoisotopic (exact) mass is 480 g/mol. The second-order valence-corrected chi connectivity index (χ2v) is 10.6. The standard InChI is InChI=1S/C24H24N4O3S2/c1-16-5-6-17(2)28(16)21-13-9-19(10-14-21)23(29)26-24-25-22(15-32-24)18-7-11-20(12-8-18)27(3)33(4,30)31/h5-15H,1-4H3,(H,25,26,29). The maximum atomic E-state index is 12.7. The van der Waals surface area contributed by atoms with Crippen LogP contribution in [-0.4, -0.2) is 37.2 Å². The Hall–Kier alpha value is -3.43. The van der Waals surface area contributed by atoms with Gasteiger partial charge in [0.2, 0.25) is 10.0 Å². The third-order valence-corrected chi connectivity index (χ3v) is 7.37. The van der Waals surface area contributed by atoms with Gasteiger partial charge in [-0.1, -0.05) is 12.1 Å². The zero-order valence-corrected chi connectivity index (χ0v) is 20.4. The van der Waals surface area contributed by atoms with Gasteiger partial charge >= 0.3 is 0 Å². The summed E-state index contributed by atoms with van der Waals surface area (Å²) in [5, 5.41) is 5.20. The number of nitrogens with one attached hydrogen (secondary N) is 1. The van der Waals surface area contributed by atoms with E-state index in [2.05, 4.69) is 27.0 Å². The van der Waals surface area contributed by atoms with Crippen molar-refractivity contribution in [3.05, 3.63) is 83.0 Å². The van der Waals surface area contributed by atoms with Gasteiger partial charge in [-0.25, -0.2) is 13.4 Å². The summed E-state index contributed by atoms with van der Waals surface area (Å²) in [5.41, 5.74) is 5.93. The Morgan fingerprint density at radius 3 is 2.15 bits per heavy atom. The Bertz CT molecular complexity index is 1380. The summed E-state index contributed by atoms with van der Waals surface area (Å²) in [5.74, 6) is -0.228. The first-order valence-electron chi connectivity index (χ1n) is 10.2. The Kier molecular flexibility index (Phi) is 6.09. The van der Waals surface area contributed by atoms with Gasteiger partial charge in [0.1, 0.15) is 0 Å². The molecular weight excluding hydrogens is 456 g/mol. The molecule has 0 aliphatic rings. The van der Waals surface area contributed by atoms with E-state index >= 15 is 0 Å². The normalized spacial score (nSPS) is 11.4. The van der Waals surface area contributed by atoms with Crippen molar-refractivity contribution < 1.29 is 13.2 Å². The van der Waals surface area contributed by atoms with Gasteiger partial charge in [0.05, 0.1) is 17.6 Å². The molecule has 0 atom stereocenters. The average molecular weight is 481 g/mol. The van der Waals surface area contributed by atoms with Gasteiger partial charge in [0.15, 0.2) is 5.13 Å². The van der Waals surface area contributed by atoms with E-state index in [9.17, 15) is 13.2 Å². The fraction of sp³-hybridized carbons (Fsp3) is 0.167. The fourth-order valence-electron chi connectivity index (χ4n) is 3.50. The molecule has 7 nitrogen and oxygen atoms in total. The average Bonchev–Trinajstić information content (AvgIpc) is 3.39. The molecule has 0 aliphatic carbocycles. The molecule has 4 rings (SSSR count). The number of hydrogen-bond acceptors (Lipinski definition) is 5. The van der Waals surface area contributed by atoms with Gasteiger partial charge in [-0.05, 0) is 62.4 Å². The second-order valence-electron chi connectivity index (χ2n) is 7.77. The highest BCUT2D eigenvalue weighted by Gasteiger charge is 2.14. The van der Waals surface area contributed by atoms with E-state index in [0.29, 0.717) is 22.1 Å². The van der Waals surface area contributed by atoms with Gasteiger partial charge in [0, 0.05) is 40.6 Å². The summed E-state index contributed by atoms with van der Waals surface area (Å²) in [6.45, 7) is 4.09. The van der Waals surface area contributed by atoms with E-state index < -0.39 is 10.0 Å². The van der Waals surface area contributed by atoms with Crippen molar-refractivity contribution in [2.24, 2.45) is 0 Å². The lowest BCUT2D eigenvalue weighted by molar-refractivity contribution is 0.102. The van der Waals surface area contributed by atoms with E-state index in [1.165, 1.54) is 22.7 Å². The molecular formula is C24H24N4O3S2. The second kappa shape index (κ2) is 8.84. The quantitative estimate of drug-likeness (QED) is 0.427. The van der Waals surface area contributed by atoms with Crippen molar-refractivity contribution in [2.45, 2.75) is 13.8 Å². The molecule has 2 aromatic carbocycles. The highest BCUT2D eigenvalue weighted by atomic mass is 32.2. The molecule has 0 spiro atoms. The van der Waals surface area contributed by atoms with E-state index in [-0.39, 0.29) is 5.91 Å². The van der Waals surface area contributed by atoms with Crippen LogP contribution in [0.5, 0.6) is 0 Å². The first-order valence-corrected chi connectivity index (χ1v) is 12.9. The molecule has 170 valence electrons. The number of benzene rings is 2. The summed E-state index contributed by atoms with van der Waals surface area (Å²) in [4.78, 5) is 17.2. The van der Waals surface area contributed by atoms with Gasteiger partial charge in [-0.3, -0.25) is 14.4 Å². The van der Waals surface area contributed by atoms with Crippen molar-refractivity contribution in [1.29, 1.82) is 0 Å². The maximum Gasteiger partial charge on any atom is 0.257 e. The molecule has 2 aromatic heterocycles. The van der Waals surface area contributed by atoms with Crippen LogP contribution < -0.4 is 9.62 Å². The third kappa shape index (κ3) is 4.84. The van der Waals surface area contributed by atoms with Crippen LogP contribution in [0.4, 0.5) is 10.8 Å². The molecule has 0 saturated heterocycles. The number of amides is 1. The lowest BCUT2D eigenvalue weighted by Crippen LogP contribution is -2.24. The minimum absolute atomic E-state index is 0.228. The van der Waals surface area contributed by atoms with Gasteiger partial charge in [-0.15, -0.1) is 11.3 Å².